The van der Waals surface area contributed by atoms with Gasteiger partial charge in [-0.05, 0) is 55.4 Å². The van der Waals surface area contributed by atoms with E-state index in [0.717, 1.165) is 24.1 Å². The van der Waals surface area contributed by atoms with Crippen LogP contribution in [0.1, 0.15) is 44.7 Å². The first-order valence-corrected chi connectivity index (χ1v) is 14.1. The number of carbonyl (C=O) groups excluding carboxylic acids is 3. The molecule has 0 radical (unpaired) electrons. The summed E-state index contributed by atoms with van der Waals surface area (Å²) in [6.07, 6.45) is 1.49. The predicted molar refractivity (Wildman–Crippen MR) is 155 cm³/mol. The number of rotatable bonds is 11. The standard InChI is InChI=1S/C30H39N5O6/c1-4-39-30(38)34-29-33-26-15-22(11-9-21(26)16-35(29)17-27(36)41-18-19(2)3)40-14-13-23(28(31)37)25-12-10-20-7-5-6-8-24(20)32-25/h5-9,11,15,19,23,25,32H,4,10,12-14,16-18H2,1-3H3,(H2,31,37)(H,33,34,38). The summed E-state index contributed by atoms with van der Waals surface area (Å²) in [5, 5.41) is 6.09. The number of nitrogens with one attached hydrogen (secondary N) is 2. The molecule has 2 amide bonds. The quantitative estimate of drug-likeness (QED) is 0.350. The van der Waals surface area contributed by atoms with Crippen LogP contribution in [-0.2, 0) is 32.0 Å². The van der Waals surface area contributed by atoms with Crippen molar-refractivity contribution in [2.75, 3.05) is 31.7 Å². The number of carbonyl (C=O) groups is 3. The molecule has 4 rings (SSSR count). The van der Waals surface area contributed by atoms with E-state index in [0.29, 0.717) is 31.0 Å². The molecule has 0 saturated heterocycles. The average Bonchev–Trinajstić information content (AvgIpc) is 2.94. The molecule has 0 saturated carbocycles. The molecular formula is C30H39N5O6. The van der Waals surface area contributed by atoms with Crippen LogP contribution in [0.3, 0.4) is 0 Å². The number of fused-ring (bicyclic) bond motifs is 2. The van der Waals surface area contributed by atoms with E-state index in [1.54, 1.807) is 17.9 Å². The minimum atomic E-state index is -0.668. The predicted octanol–water partition coefficient (Wildman–Crippen LogP) is 3.73. The highest BCUT2D eigenvalue weighted by atomic mass is 16.5. The Morgan fingerprint density at radius 2 is 1.95 bits per heavy atom. The number of ether oxygens (including phenoxy) is 3. The van der Waals surface area contributed by atoms with Gasteiger partial charge >= 0.3 is 12.1 Å². The molecule has 41 heavy (non-hydrogen) atoms. The lowest BCUT2D eigenvalue weighted by atomic mass is 9.87. The molecule has 0 aromatic heterocycles. The van der Waals surface area contributed by atoms with Gasteiger partial charge < -0.3 is 30.2 Å². The molecule has 2 aliphatic rings. The molecular weight excluding hydrogens is 526 g/mol. The maximum absolute atomic E-state index is 12.4. The van der Waals surface area contributed by atoms with Crippen LogP contribution < -0.4 is 21.1 Å². The number of benzene rings is 2. The van der Waals surface area contributed by atoms with Crippen LogP contribution in [0.25, 0.3) is 0 Å². The molecule has 2 unspecified atom stereocenters. The van der Waals surface area contributed by atoms with Crippen LogP contribution in [-0.4, -0.2) is 61.2 Å². The second kappa shape index (κ2) is 13.9. The lowest BCUT2D eigenvalue weighted by molar-refractivity contribution is -0.145. The highest BCUT2D eigenvalue weighted by Crippen LogP contribution is 2.31. The monoisotopic (exact) mass is 565 g/mol. The number of esters is 1. The van der Waals surface area contributed by atoms with Crippen molar-refractivity contribution < 1.29 is 28.6 Å². The zero-order chi connectivity index (χ0) is 29.4. The Morgan fingerprint density at radius 1 is 1.15 bits per heavy atom. The van der Waals surface area contributed by atoms with Crippen molar-refractivity contribution in [3.8, 4) is 5.75 Å². The average molecular weight is 566 g/mol. The minimum Gasteiger partial charge on any atom is -0.493 e. The Labute approximate surface area is 240 Å². The topological polar surface area (TPSA) is 145 Å². The Balaban J connectivity index is 1.41. The first-order valence-electron chi connectivity index (χ1n) is 14.1. The number of amides is 2. The van der Waals surface area contributed by atoms with Crippen LogP contribution in [0.2, 0.25) is 0 Å². The third-order valence-electron chi connectivity index (χ3n) is 6.96. The second-order valence-corrected chi connectivity index (χ2v) is 10.6. The van der Waals surface area contributed by atoms with Gasteiger partial charge in [0, 0.05) is 24.3 Å². The molecule has 11 heteroatoms. The van der Waals surface area contributed by atoms with Crippen LogP contribution in [0.4, 0.5) is 16.2 Å². The molecule has 0 bridgehead atoms. The van der Waals surface area contributed by atoms with Gasteiger partial charge in [-0.25, -0.2) is 9.79 Å². The summed E-state index contributed by atoms with van der Waals surface area (Å²) in [4.78, 5) is 43.1. The summed E-state index contributed by atoms with van der Waals surface area (Å²) in [5.74, 6) is -0.199. The number of aliphatic imine (C=N–C) groups is 1. The highest BCUT2D eigenvalue weighted by molar-refractivity contribution is 5.97. The van der Waals surface area contributed by atoms with Crippen molar-refractivity contribution in [2.45, 2.75) is 52.6 Å². The number of alkyl carbamates (subject to hydrolysis) is 1. The zero-order valence-electron chi connectivity index (χ0n) is 23.9. The molecule has 11 nitrogen and oxygen atoms in total. The molecule has 2 aliphatic heterocycles. The molecule has 2 heterocycles. The van der Waals surface area contributed by atoms with Gasteiger partial charge in [-0.15, -0.1) is 0 Å². The van der Waals surface area contributed by atoms with E-state index in [1.807, 2.05) is 44.2 Å². The number of hydrogen-bond acceptors (Lipinski definition) is 9. The third-order valence-corrected chi connectivity index (χ3v) is 6.96. The Hall–Kier alpha value is -4.28. The van der Waals surface area contributed by atoms with Gasteiger partial charge in [0.2, 0.25) is 11.9 Å². The van der Waals surface area contributed by atoms with E-state index in [-0.39, 0.29) is 49.5 Å². The SMILES string of the molecule is CCOC(=O)NC1=Nc2cc(OCCC(C(N)=O)C3CCc4ccccc4N3)ccc2CN1CC(=O)OCC(C)C. The van der Waals surface area contributed by atoms with Gasteiger partial charge in [0.25, 0.3) is 0 Å². The second-order valence-electron chi connectivity index (χ2n) is 10.6. The van der Waals surface area contributed by atoms with E-state index in [4.69, 9.17) is 19.9 Å². The van der Waals surface area contributed by atoms with Crippen LogP contribution in [0.15, 0.2) is 47.5 Å². The van der Waals surface area contributed by atoms with Gasteiger partial charge in [0.15, 0.2) is 0 Å². The fourth-order valence-electron chi connectivity index (χ4n) is 4.90. The molecule has 0 fully saturated rings. The van der Waals surface area contributed by atoms with Gasteiger partial charge in [-0.2, -0.15) is 0 Å². The number of aryl methyl sites for hydroxylation is 1. The molecule has 0 spiro atoms. The lowest BCUT2D eigenvalue weighted by Gasteiger charge is -2.32. The largest absolute Gasteiger partial charge is 0.493 e. The van der Waals surface area contributed by atoms with E-state index in [1.165, 1.54) is 5.56 Å². The van der Waals surface area contributed by atoms with Crippen molar-refractivity contribution in [3.63, 3.8) is 0 Å². The van der Waals surface area contributed by atoms with E-state index in [9.17, 15) is 14.4 Å². The van der Waals surface area contributed by atoms with Crippen molar-refractivity contribution in [2.24, 2.45) is 22.6 Å². The fourth-order valence-corrected chi connectivity index (χ4v) is 4.90. The summed E-state index contributed by atoms with van der Waals surface area (Å²) >= 11 is 0. The van der Waals surface area contributed by atoms with E-state index < -0.39 is 12.1 Å². The van der Waals surface area contributed by atoms with Crippen LogP contribution in [0, 0.1) is 11.8 Å². The number of primary amides is 1. The van der Waals surface area contributed by atoms with Crippen molar-refractivity contribution in [1.29, 1.82) is 0 Å². The van der Waals surface area contributed by atoms with Gasteiger partial charge in [-0.3, -0.25) is 14.9 Å². The molecule has 220 valence electrons. The number of anilines is 1. The van der Waals surface area contributed by atoms with Gasteiger partial charge in [0.05, 0.1) is 31.4 Å². The normalized spacial score (nSPS) is 16.4. The highest BCUT2D eigenvalue weighted by Gasteiger charge is 2.30. The Bertz CT molecular complexity index is 1280. The first kappa shape index (κ1) is 29.7. The van der Waals surface area contributed by atoms with Crippen LogP contribution >= 0.6 is 0 Å². The Morgan fingerprint density at radius 3 is 2.71 bits per heavy atom. The zero-order valence-corrected chi connectivity index (χ0v) is 23.9. The minimum absolute atomic E-state index is 0.0612. The van der Waals surface area contributed by atoms with Crippen molar-refractivity contribution >= 4 is 35.3 Å². The van der Waals surface area contributed by atoms with Gasteiger partial charge in [-0.1, -0.05) is 38.1 Å². The number of para-hydroxylation sites is 1. The molecule has 2 aromatic carbocycles. The van der Waals surface area contributed by atoms with Gasteiger partial charge in [0.1, 0.15) is 12.3 Å². The van der Waals surface area contributed by atoms with Crippen molar-refractivity contribution in [1.82, 2.24) is 10.2 Å². The Kier molecular flexibility index (Phi) is 10.0. The fraction of sp³-hybridized carbons (Fsp3) is 0.467. The molecule has 2 aromatic rings. The third kappa shape index (κ3) is 8.12. The summed E-state index contributed by atoms with van der Waals surface area (Å²) < 4.78 is 16.3. The smallest absolute Gasteiger partial charge is 0.413 e. The van der Waals surface area contributed by atoms with Crippen molar-refractivity contribution in [3.05, 3.63) is 53.6 Å². The number of nitrogens with zero attached hydrogens (tertiary/aromatic N) is 2. The summed E-state index contributed by atoms with van der Waals surface area (Å²) in [6, 6.07) is 13.5. The van der Waals surface area contributed by atoms with E-state index >= 15 is 0 Å². The number of guanidine groups is 1. The van der Waals surface area contributed by atoms with E-state index in [2.05, 4.69) is 21.7 Å². The summed E-state index contributed by atoms with van der Waals surface area (Å²) in [7, 11) is 0. The maximum atomic E-state index is 12.4. The summed E-state index contributed by atoms with van der Waals surface area (Å²) in [6.45, 7) is 6.66. The molecule has 2 atom stereocenters. The number of nitrogens with two attached hydrogens (primary N) is 1. The van der Waals surface area contributed by atoms with Crippen LogP contribution in [0.5, 0.6) is 5.75 Å². The maximum Gasteiger partial charge on any atom is 0.413 e. The number of hydrogen-bond donors (Lipinski definition) is 3. The molecule has 0 aliphatic carbocycles. The molecule has 4 N–H and O–H groups in total. The first-order chi connectivity index (χ1) is 19.7. The summed E-state index contributed by atoms with van der Waals surface area (Å²) in [5.41, 5.74) is 9.50. The lowest BCUT2D eigenvalue weighted by Crippen LogP contribution is -2.47.